The van der Waals surface area contributed by atoms with Gasteiger partial charge in [-0.05, 0) is 57.0 Å². The van der Waals surface area contributed by atoms with Gasteiger partial charge in [0, 0.05) is 26.2 Å². The highest BCUT2D eigenvalue weighted by atomic mass is 16.5. The average molecular weight is 255 g/mol. The second kappa shape index (κ2) is 7.10. The number of carbonyl (C=O) groups is 1. The molecule has 2 fully saturated rings. The molecule has 0 aliphatic carbocycles. The van der Waals surface area contributed by atoms with Crippen LogP contribution < -0.4 is 0 Å². The molecule has 4 nitrogen and oxygen atoms in total. The average Bonchev–Trinajstić information content (AvgIpc) is 2.39. The molecular formula is C14H25NO3. The molecule has 1 N–H and O–H groups in total. The molecule has 0 unspecified atom stereocenters. The molecule has 0 saturated carbocycles. The number of likely N-dealkylation sites (tertiary alicyclic amines) is 1. The molecule has 0 amide bonds. The van der Waals surface area contributed by atoms with Gasteiger partial charge >= 0.3 is 5.97 Å². The van der Waals surface area contributed by atoms with Crippen LogP contribution in [-0.2, 0) is 9.53 Å². The van der Waals surface area contributed by atoms with E-state index in [1.165, 1.54) is 32.2 Å². The number of hydrogen-bond donors (Lipinski definition) is 1. The third-order valence-corrected chi connectivity index (χ3v) is 4.33. The summed E-state index contributed by atoms with van der Waals surface area (Å²) in [5, 5.41) is 8.69. The molecule has 0 radical (unpaired) electrons. The van der Waals surface area contributed by atoms with Gasteiger partial charge in [-0.2, -0.15) is 0 Å². The monoisotopic (exact) mass is 255 g/mol. The summed E-state index contributed by atoms with van der Waals surface area (Å²) in [5.74, 6) is 0.793. The van der Waals surface area contributed by atoms with Gasteiger partial charge in [0.25, 0.3) is 0 Å². The molecule has 2 saturated heterocycles. The van der Waals surface area contributed by atoms with E-state index in [1.807, 2.05) is 0 Å². The number of piperidine rings is 1. The van der Waals surface area contributed by atoms with Crippen LogP contribution in [0.5, 0.6) is 0 Å². The molecule has 0 bridgehead atoms. The highest BCUT2D eigenvalue weighted by Gasteiger charge is 2.23. The van der Waals surface area contributed by atoms with Crippen LogP contribution in [-0.4, -0.2) is 48.8 Å². The van der Waals surface area contributed by atoms with Crippen molar-refractivity contribution in [1.29, 1.82) is 0 Å². The fourth-order valence-corrected chi connectivity index (χ4v) is 3.08. The van der Waals surface area contributed by atoms with Gasteiger partial charge in [-0.1, -0.05) is 0 Å². The topological polar surface area (TPSA) is 49.8 Å². The van der Waals surface area contributed by atoms with Crippen molar-refractivity contribution in [2.24, 2.45) is 11.8 Å². The molecule has 2 aliphatic heterocycles. The van der Waals surface area contributed by atoms with Gasteiger partial charge in [0.2, 0.25) is 0 Å². The number of aliphatic carboxylic acids is 1. The summed E-state index contributed by atoms with van der Waals surface area (Å²) in [4.78, 5) is 13.1. The van der Waals surface area contributed by atoms with E-state index < -0.39 is 5.97 Å². The second-order valence-corrected chi connectivity index (χ2v) is 5.73. The van der Waals surface area contributed by atoms with Gasteiger partial charge in [0.05, 0.1) is 0 Å². The van der Waals surface area contributed by atoms with Gasteiger partial charge in [-0.15, -0.1) is 0 Å². The van der Waals surface area contributed by atoms with Crippen molar-refractivity contribution < 1.29 is 14.6 Å². The van der Waals surface area contributed by atoms with Crippen molar-refractivity contribution in [1.82, 2.24) is 4.90 Å². The lowest BCUT2D eigenvalue weighted by Gasteiger charge is -2.35. The summed E-state index contributed by atoms with van der Waals surface area (Å²) >= 11 is 0. The zero-order valence-corrected chi connectivity index (χ0v) is 11.1. The Morgan fingerprint density at radius 3 is 2.39 bits per heavy atom. The predicted molar refractivity (Wildman–Crippen MR) is 69.6 cm³/mol. The normalized spacial score (nSPS) is 24.2. The van der Waals surface area contributed by atoms with Crippen LogP contribution in [0.3, 0.4) is 0 Å². The Labute approximate surface area is 109 Å². The summed E-state index contributed by atoms with van der Waals surface area (Å²) in [7, 11) is 0. The lowest BCUT2D eigenvalue weighted by Crippen LogP contribution is -2.38. The third kappa shape index (κ3) is 4.58. The smallest absolute Gasteiger partial charge is 0.303 e. The number of rotatable bonds is 5. The van der Waals surface area contributed by atoms with Crippen molar-refractivity contribution in [3.63, 3.8) is 0 Å². The number of nitrogens with zero attached hydrogens (tertiary/aromatic N) is 1. The summed E-state index contributed by atoms with van der Waals surface area (Å²) in [5.41, 5.74) is 0. The van der Waals surface area contributed by atoms with E-state index in [9.17, 15) is 4.79 Å². The van der Waals surface area contributed by atoms with Crippen molar-refractivity contribution in [2.75, 3.05) is 32.8 Å². The van der Waals surface area contributed by atoms with E-state index in [4.69, 9.17) is 9.84 Å². The van der Waals surface area contributed by atoms with E-state index in [0.717, 1.165) is 38.6 Å². The maximum absolute atomic E-state index is 10.5. The molecule has 2 heterocycles. The zero-order chi connectivity index (χ0) is 12.8. The van der Waals surface area contributed by atoms with Crippen LogP contribution in [0.2, 0.25) is 0 Å². The summed E-state index contributed by atoms with van der Waals surface area (Å²) in [6.45, 7) is 5.39. The first-order chi connectivity index (χ1) is 8.74. The quantitative estimate of drug-likeness (QED) is 0.816. The van der Waals surface area contributed by atoms with E-state index >= 15 is 0 Å². The van der Waals surface area contributed by atoms with E-state index in [2.05, 4.69) is 4.90 Å². The molecule has 4 heteroatoms. The first-order valence-electron chi connectivity index (χ1n) is 7.26. The molecule has 0 spiro atoms. The Morgan fingerprint density at radius 1 is 1.11 bits per heavy atom. The van der Waals surface area contributed by atoms with E-state index in [1.54, 1.807) is 0 Å². The Bertz CT molecular complexity index is 256. The third-order valence-electron chi connectivity index (χ3n) is 4.33. The van der Waals surface area contributed by atoms with Crippen LogP contribution in [0, 0.1) is 11.8 Å². The van der Waals surface area contributed by atoms with Crippen LogP contribution in [0.1, 0.15) is 38.5 Å². The van der Waals surface area contributed by atoms with Gasteiger partial charge in [-0.25, -0.2) is 0 Å². The second-order valence-electron chi connectivity index (χ2n) is 5.73. The Morgan fingerprint density at radius 2 is 1.78 bits per heavy atom. The molecule has 0 aromatic carbocycles. The highest BCUT2D eigenvalue weighted by Crippen LogP contribution is 2.24. The summed E-state index contributed by atoms with van der Waals surface area (Å²) < 4.78 is 5.39. The maximum atomic E-state index is 10.5. The van der Waals surface area contributed by atoms with Gasteiger partial charge in [-0.3, -0.25) is 4.79 Å². The van der Waals surface area contributed by atoms with Gasteiger partial charge < -0.3 is 14.7 Å². The Balaban J connectivity index is 1.62. The Hall–Kier alpha value is -0.610. The number of ether oxygens (including phenoxy) is 1. The predicted octanol–water partition coefficient (Wildman–Crippen LogP) is 1.99. The molecule has 0 aromatic rings. The number of carboxylic acids is 1. The summed E-state index contributed by atoms with van der Waals surface area (Å²) in [6, 6.07) is 0. The standard InChI is InChI=1S/C14H25NO3/c16-14(17)2-1-12-3-7-15(8-4-12)11-13-5-9-18-10-6-13/h12-13H,1-11H2,(H,16,17). The maximum Gasteiger partial charge on any atom is 0.303 e. The van der Waals surface area contributed by atoms with Crippen LogP contribution >= 0.6 is 0 Å². The molecule has 0 aromatic heterocycles. The molecule has 2 rings (SSSR count). The fourth-order valence-electron chi connectivity index (χ4n) is 3.08. The van der Waals surface area contributed by atoms with Crippen molar-refractivity contribution in [2.45, 2.75) is 38.5 Å². The van der Waals surface area contributed by atoms with Crippen molar-refractivity contribution >= 4 is 5.97 Å². The fraction of sp³-hybridized carbons (Fsp3) is 0.929. The van der Waals surface area contributed by atoms with Crippen LogP contribution in [0.15, 0.2) is 0 Å². The summed E-state index contributed by atoms with van der Waals surface area (Å²) in [6.07, 6.45) is 5.97. The van der Waals surface area contributed by atoms with Crippen LogP contribution in [0.25, 0.3) is 0 Å². The van der Waals surface area contributed by atoms with Gasteiger partial charge in [0.15, 0.2) is 0 Å². The minimum atomic E-state index is -0.653. The molecule has 104 valence electrons. The molecule has 18 heavy (non-hydrogen) atoms. The van der Waals surface area contributed by atoms with Crippen LogP contribution in [0.4, 0.5) is 0 Å². The molecule has 0 atom stereocenters. The first kappa shape index (κ1) is 13.8. The lowest BCUT2D eigenvalue weighted by atomic mass is 9.91. The number of hydrogen-bond acceptors (Lipinski definition) is 3. The number of carboxylic acid groups (broad SMARTS) is 1. The first-order valence-corrected chi connectivity index (χ1v) is 7.26. The van der Waals surface area contributed by atoms with E-state index in [0.29, 0.717) is 12.3 Å². The Kier molecular flexibility index (Phi) is 5.45. The minimum Gasteiger partial charge on any atom is -0.481 e. The molecule has 2 aliphatic rings. The molecular weight excluding hydrogens is 230 g/mol. The lowest BCUT2D eigenvalue weighted by molar-refractivity contribution is -0.137. The van der Waals surface area contributed by atoms with Crippen molar-refractivity contribution in [3.05, 3.63) is 0 Å². The SMILES string of the molecule is O=C(O)CCC1CCN(CC2CCOCC2)CC1. The minimum absolute atomic E-state index is 0.338. The largest absolute Gasteiger partial charge is 0.481 e. The zero-order valence-electron chi connectivity index (χ0n) is 11.1. The van der Waals surface area contributed by atoms with E-state index in [-0.39, 0.29) is 0 Å². The highest BCUT2D eigenvalue weighted by molar-refractivity contribution is 5.66. The van der Waals surface area contributed by atoms with Crippen molar-refractivity contribution in [3.8, 4) is 0 Å². The van der Waals surface area contributed by atoms with Gasteiger partial charge in [0.1, 0.15) is 0 Å².